The molecule has 2 aromatic heterocycles. The molecule has 0 radical (unpaired) electrons. The third-order valence-electron chi connectivity index (χ3n) is 8.28. The summed E-state index contributed by atoms with van der Waals surface area (Å²) in [7, 11) is 0. The van der Waals surface area contributed by atoms with Gasteiger partial charge in [0, 0.05) is 22.8 Å². The van der Waals surface area contributed by atoms with Crippen LogP contribution >= 0.6 is 0 Å². The number of hydrogen-bond donors (Lipinski definition) is 0. The first-order valence-electron chi connectivity index (χ1n) is 14.1. The maximum atomic E-state index is 7.68. The highest BCUT2D eigenvalue weighted by molar-refractivity contribution is 6.22. The molecule has 0 atom stereocenters. The van der Waals surface area contributed by atoms with Crippen LogP contribution in [0.4, 0.5) is 5.69 Å². The second-order valence-electron chi connectivity index (χ2n) is 10.8. The number of hydrogen-bond acceptors (Lipinski definition) is 1. The molecule has 6 aromatic carbocycles. The number of pyridine rings is 1. The van der Waals surface area contributed by atoms with Crippen molar-refractivity contribution < 1.29 is 0 Å². The van der Waals surface area contributed by atoms with Crippen LogP contribution in [0, 0.1) is 13.5 Å². The predicted octanol–water partition coefficient (Wildman–Crippen LogP) is 10.7. The van der Waals surface area contributed by atoms with Gasteiger partial charge in [0.05, 0.1) is 23.3 Å². The Bertz CT molecular complexity index is 2360. The molecule has 0 bridgehead atoms. The van der Waals surface area contributed by atoms with Crippen LogP contribution in [0.5, 0.6) is 0 Å². The molecule has 3 nitrogen and oxygen atoms in total. The van der Waals surface area contributed by atoms with Crippen LogP contribution in [-0.2, 0) is 0 Å². The van der Waals surface area contributed by atoms with Gasteiger partial charge in [-0.3, -0.25) is 4.98 Å². The smallest absolute Gasteiger partial charge is 0.188 e. The second kappa shape index (κ2) is 9.44. The third kappa shape index (κ3) is 3.63. The van der Waals surface area contributed by atoms with Gasteiger partial charge in [-0.25, -0.2) is 4.85 Å². The van der Waals surface area contributed by atoms with E-state index in [4.69, 9.17) is 11.6 Å². The first-order chi connectivity index (χ1) is 20.7. The Hall–Kier alpha value is -5.72. The van der Waals surface area contributed by atoms with Crippen molar-refractivity contribution in [2.45, 2.75) is 6.92 Å². The van der Waals surface area contributed by atoms with Crippen molar-refractivity contribution in [3.63, 3.8) is 0 Å². The summed E-state index contributed by atoms with van der Waals surface area (Å²) in [6.45, 7) is 9.83. The van der Waals surface area contributed by atoms with E-state index in [1.54, 1.807) is 0 Å². The molecular formula is C39H25N3. The Morgan fingerprint density at radius 3 is 2.02 bits per heavy atom. The van der Waals surface area contributed by atoms with Crippen LogP contribution < -0.4 is 0 Å². The summed E-state index contributed by atoms with van der Waals surface area (Å²) < 4.78 is 2.30. The molecule has 0 aliphatic heterocycles. The zero-order chi connectivity index (χ0) is 28.2. The minimum atomic E-state index is 0.645. The molecule has 8 rings (SSSR count). The van der Waals surface area contributed by atoms with Crippen LogP contribution in [0.1, 0.15) is 5.56 Å². The number of rotatable bonds is 3. The number of benzene rings is 6. The number of aryl methyl sites for hydroxylation is 1. The molecule has 0 fully saturated rings. The fourth-order valence-corrected chi connectivity index (χ4v) is 6.48. The fraction of sp³-hybridized carbons (Fsp3) is 0.0256. The van der Waals surface area contributed by atoms with E-state index in [2.05, 4.69) is 119 Å². The van der Waals surface area contributed by atoms with Crippen LogP contribution in [0.2, 0.25) is 0 Å². The van der Waals surface area contributed by atoms with E-state index in [1.807, 2.05) is 30.5 Å². The first kappa shape index (κ1) is 24.1. The Morgan fingerprint density at radius 2 is 1.26 bits per heavy atom. The van der Waals surface area contributed by atoms with Gasteiger partial charge in [0.25, 0.3) is 0 Å². The number of fused-ring (bicyclic) bond motifs is 5. The standard InChI is InChI=1S/C39H25N3/c1-25-15-18-31-34(22-25)39(35-14-8-9-21-41-35)30-13-7-6-12-29(30)38(31)26-16-19-36-32(23-26)33-24-27(40-2)17-20-37(33)42(36)28-10-4-3-5-11-28/h3-24H,1H3. The van der Waals surface area contributed by atoms with Crippen molar-refractivity contribution >= 4 is 49.0 Å². The minimum Gasteiger partial charge on any atom is -0.309 e. The van der Waals surface area contributed by atoms with Gasteiger partial charge < -0.3 is 4.57 Å². The summed E-state index contributed by atoms with van der Waals surface area (Å²) in [4.78, 5) is 8.53. The quantitative estimate of drug-likeness (QED) is 0.163. The number of para-hydroxylation sites is 1. The van der Waals surface area contributed by atoms with Gasteiger partial charge >= 0.3 is 0 Å². The summed E-state index contributed by atoms with van der Waals surface area (Å²) in [6, 6.07) is 44.8. The topological polar surface area (TPSA) is 22.2 Å². The van der Waals surface area contributed by atoms with Crippen molar-refractivity contribution in [1.29, 1.82) is 0 Å². The second-order valence-corrected chi connectivity index (χ2v) is 10.8. The summed E-state index contributed by atoms with van der Waals surface area (Å²) in [6.07, 6.45) is 1.87. The average Bonchev–Trinajstić information content (AvgIpc) is 3.37. The van der Waals surface area contributed by atoms with E-state index in [9.17, 15) is 0 Å². The van der Waals surface area contributed by atoms with E-state index < -0.39 is 0 Å². The number of nitrogens with zero attached hydrogens (tertiary/aromatic N) is 3. The molecule has 2 heterocycles. The highest BCUT2D eigenvalue weighted by atomic mass is 15.0. The lowest BCUT2D eigenvalue weighted by molar-refractivity contribution is 1.18. The van der Waals surface area contributed by atoms with Gasteiger partial charge in [-0.05, 0) is 93.5 Å². The normalized spacial score (nSPS) is 11.4. The molecule has 42 heavy (non-hydrogen) atoms. The summed E-state index contributed by atoms with van der Waals surface area (Å²) >= 11 is 0. The molecule has 0 saturated heterocycles. The molecule has 0 saturated carbocycles. The first-order valence-corrected chi connectivity index (χ1v) is 14.1. The zero-order valence-electron chi connectivity index (χ0n) is 23.0. The largest absolute Gasteiger partial charge is 0.309 e. The van der Waals surface area contributed by atoms with Crippen molar-refractivity contribution in [3.05, 3.63) is 151 Å². The lowest BCUT2D eigenvalue weighted by Gasteiger charge is -2.18. The Kier molecular flexibility index (Phi) is 5.42. The molecule has 196 valence electrons. The van der Waals surface area contributed by atoms with Gasteiger partial charge in [-0.15, -0.1) is 0 Å². The van der Waals surface area contributed by atoms with Crippen molar-refractivity contribution in [3.8, 4) is 28.1 Å². The van der Waals surface area contributed by atoms with Gasteiger partial charge in [-0.2, -0.15) is 0 Å². The Morgan fingerprint density at radius 1 is 0.571 bits per heavy atom. The minimum absolute atomic E-state index is 0.645. The predicted molar refractivity (Wildman–Crippen MR) is 175 cm³/mol. The van der Waals surface area contributed by atoms with Gasteiger partial charge in [0.2, 0.25) is 0 Å². The van der Waals surface area contributed by atoms with Crippen molar-refractivity contribution in [2.24, 2.45) is 0 Å². The van der Waals surface area contributed by atoms with E-state index in [0.717, 1.165) is 44.3 Å². The molecule has 8 aromatic rings. The Labute approximate surface area is 243 Å². The van der Waals surface area contributed by atoms with Gasteiger partial charge in [0.1, 0.15) is 0 Å². The summed E-state index contributed by atoms with van der Waals surface area (Å²) in [5.41, 5.74) is 9.69. The molecule has 0 N–H and O–H groups in total. The molecule has 0 unspecified atom stereocenters. The molecular weight excluding hydrogens is 510 g/mol. The molecule has 3 heteroatoms. The molecule has 0 aliphatic carbocycles. The van der Waals surface area contributed by atoms with Crippen LogP contribution in [-0.4, -0.2) is 9.55 Å². The fourth-order valence-electron chi connectivity index (χ4n) is 6.48. The molecule has 0 spiro atoms. The average molecular weight is 536 g/mol. The maximum absolute atomic E-state index is 7.68. The van der Waals surface area contributed by atoms with Crippen molar-refractivity contribution in [2.75, 3.05) is 0 Å². The zero-order valence-corrected chi connectivity index (χ0v) is 23.0. The van der Waals surface area contributed by atoms with Crippen molar-refractivity contribution in [1.82, 2.24) is 9.55 Å². The van der Waals surface area contributed by atoms with Gasteiger partial charge in [-0.1, -0.05) is 84.4 Å². The van der Waals surface area contributed by atoms with Crippen LogP contribution in [0.15, 0.2) is 134 Å². The van der Waals surface area contributed by atoms with E-state index in [1.165, 1.54) is 32.7 Å². The maximum Gasteiger partial charge on any atom is 0.188 e. The Balaban J connectivity index is 1.50. The molecule has 0 aliphatic rings. The monoisotopic (exact) mass is 535 g/mol. The summed E-state index contributed by atoms with van der Waals surface area (Å²) in [5, 5.41) is 7.00. The summed E-state index contributed by atoms with van der Waals surface area (Å²) in [5.74, 6) is 0. The van der Waals surface area contributed by atoms with Crippen LogP contribution in [0.3, 0.4) is 0 Å². The van der Waals surface area contributed by atoms with Crippen LogP contribution in [0.25, 0.3) is 76.3 Å². The third-order valence-corrected chi connectivity index (χ3v) is 8.28. The van der Waals surface area contributed by atoms with Gasteiger partial charge in [0.15, 0.2) is 5.69 Å². The highest BCUT2D eigenvalue weighted by Gasteiger charge is 2.19. The van der Waals surface area contributed by atoms with E-state index in [-0.39, 0.29) is 0 Å². The van der Waals surface area contributed by atoms with E-state index in [0.29, 0.717) is 5.69 Å². The lowest BCUT2D eigenvalue weighted by Crippen LogP contribution is -1.94. The number of aromatic nitrogens is 2. The SMILES string of the molecule is [C-]#[N+]c1ccc2c(c1)c1cc(-c3c4ccccc4c(-c4ccccn4)c4cc(C)ccc34)ccc1n2-c1ccccc1. The molecule has 0 amide bonds. The lowest BCUT2D eigenvalue weighted by atomic mass is 9.86. The van der Waals surface area contributed by atoms with E-state index >= 15 is 0 Å². The highest BCUT2D eigenvalue weighted by Crippen LogP contribution is 2.45.